The Kier molecular flexibility index (Phi) is 3.28. The average molecular weight is 343 g/mol. The van der Waals surface area contributed by atoms with Crippen molar-refractivity contribution in [2.24, 2.45) is 0 Å². The van der Waals surface area contributed by atoms with Crippen molar-refractivity contribution >= 4 is 0 Å². The van der Waals surface area contributed by atoms with Gasteiger partial charge < -0.3 is 23.8 Å². The summed E-state index contributed by atoms with van der Waals surface area (Å²) in [6.45, 7) is 4.66. The standard InChI is InChI=1S/C20H25NO4/c1-13-12-23-20(25-13)7-6-19-8-9-21(2)11-14-4-5-15(22-3)18(17(14)19)24-16(19)10-20/h4-7,13,16H,8-12H2,1-3H3/t13-,16?,19?,20?/m0/s1. The third-order valence-electron chi connectivity index (χ3n) is 6.14. The molecule has 5 nitrogen and oxygen atoms in total. The lowest BCUT2D eigenvalue weighted by molar-refractivity contribution is -0.154. The number of hydrogen-bond acceptors (Lipinski definition) is 5. The van der Waals surface area contributed by atoms with Crippen LogP contribution in [0.25, 0.3) is 0 Å². The molecule has 0 radical (unpaired) electrons. The van der Waals surface area contributed by atoms with E-state index < -0.39 is 5.79 Å². The smallest absolute Gasteiger partial charge is 0.191 e. The van der Waals surface area contributed by atoms with Crippen molar-refractivity contribution in [3.63, 3.8) is 0 Å². The van der Waals surface area contributed by atoms with Crippen LogP contribution >= 0.6 is 0 Å². The van der Waals surface area contributed by atoms with Crippen molar-refractivity contribution < 1.29 is 18.9 Å². The molecule has 1 saturated heterocycles. The number of nitrogens with zero attached hydrogens (tertiary/aromatic N) is 1. The molecular formula is C20H25NO4. The molecule has 0 aromatic heterocycles. The second-order valence-corrected chi connectivity index (χ2v) is 7.85. The Balaban J connectivity index is 1.65. The van der Waals surface area contributed by atoms with Gasteiger partial charge in [0, 0.05) is 18.5 Å². The molecule has 134 valence electrons. The second-order valence-electron chi connectivity index (χ2n) is 7.85. The normalized spacial score (nSPS) is 39.0. The summed E-state index contributed by atoms with van der Waals surface area (Å²) in [6, 6.07) is 4.22. The molecule has 5 heteroatoms. The molecule has 2 spiro atoms. The Morgan fingerprint density at radius 2 is 2.16 bits per heavy atom. The summed E-state index contributed by atoms with van der Waals surface area (Å²) in [5.41, 5.74) is 2.52. The van der Waals surface area contributed by atoms with Crippen LogP contribution in [0.3, 0.4) is 0 Å². The lowest BCUT2D eigenvalue weighted by Crippen LogP contribution is -2.48. The number of ether oxygens (including phenoxy) is 4. The van der Waals surface area contributed by atoms with Gasteiger partial charge in [-0.3, -0.25) is 0 Å². The minimum atomic E-state index is -0.636. The highest BCUT2D eigenvalue weighted by molar-refractivity contribution is 5.61. The highest BCUT2D eigenvalue weighted by Gasteiger charge is 2.57. The van der Waals surface area contributed by atoms with Crippen molar-refractivity contribution in [1.82, 2.24) is 4.90 Å². The number of methoxy groups -OCH3 is 1. The summed E-state index contributed by atoms with van der Waals surface area (Å²) >= 11 is 0. The fourth-order valence-corrected chi connectivity index (χ4v) is 4.93. The molecule has 1 aliphatic carbocycles. The molecule has 1 fully saturated rings. The van der Waals surface area contributed by atoms with Crippen LogP contribution in [0.5, 0.6) is 11.5 Å². The van der Waals surface area contributed by atoms with Crippen LogP contribution in [0.2, 0.25) is 0 Å². The van der Waals surface area contributed by atoms with Gasteiger partial charge >= 0.3 is 0 Å². The van der Waals surface area contributed by atoms with E-state index in [1.54, 1.807) is 7.11 Å². The molecular weight excluding hydrogens is 318 g/mol. The summed E-state index contributed by atoms with van der Waals surface area (Å²) in [6.07, 6.45) is 6.32. The maximum atomic E-state index is 6.51. The van der Waals surface area contributed by atoms with Crippen LogP contribution in [0.4, 0.5) is 0 Å². The van der Waals surface area contributed by atoms with E-state index in [0.717, 1.165) is 37.4 Å². The zero-order valence-corrected chi connectivity index (χ0v) is 15.1. The fraction of sp³-hybridized carbons (Fsp3) is 0.600. The summed E-state index contributed by atoms with van der Waals surface area (Å²) in [7, 11) is 3.89. The van der Waals surface area contributed by atoms with Crippen LogP contribution < -0.4 is 9.47 Å². The largest absolute Gasteiger partial charge is 0.493 e. The molecule has 0 N–H and O–H groups in total. The van der Waals surface area contributed by atoms with Gasteiger partial charge in [0.2, 0.25) is 0 Å². The van der Waals surface area contributed by atoms with Crippen LogP contribution in [-0.2, 0) is 21.4 Å². The number of hydrogen-bond donors (Lipinski definition) is 0. The summed E-state index contributed by atoms with van der Waals surface area (Å²) in [4.78, 5) is 2.38. The summed E-state index contributed by atoms with van der Waals surface area (Å²) in [5.74, 6) is 1.09. The maximum absolute atomic E-state index is 6.51. The first-order chi connectivity index (χ1) is 12.1. The molecule has 5 rings (SSSR count). The van der Waals surface area contributed by atoms with Crippen LogP contribution in [0.1, 0.15) is 30.9 Å². The van der Waals surface area contributed by atoms with E-state index in [9.17, 15) is 0 Å². The highest BCUT2D eigenvalue weighted by atomic mass is 16.7. The van der Waals surface area contributed by atoms with Crippen LogP contribution in [0, 0.1) is 0 Å². The van der Waals surface area contributed by atoms with Gasteiger partial charge in [0.15, 0.2) is 17.3 Å². The Hall–Kier alpha value is -1.56. The first-order valence-electron chi connectivity index (χ1n) is 9.13. The van der Waals surface area contributed by atoms with E-state index >= 15 is 0 Å². The van der Waals surface area contributed by atoms with Gasteiger partial charge in [-0.25, -0.2) is 0 Å². The molecule has 4 atom stereocenters. The zero-order chi connectivity index (χ0) is 17.2. The van der Waals surface area contributed by atoms with Gasteiger partial charge in [0.1, 0.15) is 6.10 Å². The van der Waals surface area contributed by atoms with Gasteiger partial charge in [-0.1, -0.05) is 12.1 Å². The molecule has 0 saturated carbocycles. The van der Waals surface area contributed by atoms with E-state index in [4.69, 9.17) is 18.9 Å². The van der Waals surface area contributed by atoms with E-state index in [1.807, 2.05) is 6.07 Å². The summed E-state index contributed by atoms with van der Waals surface area (Å²) < 4.78 is 24.2. The third kappa shape index (κ3) is 2.12. The third-order valence-corrected chi connectivity index (χ3v) is 6.14. The van der Waals surface area contributed by atoms with Crippen molar-refractivity contribution in [1.29, 1.82) is 0 Å². The predicted octanol–water partition coefficient (Wildman–Crippen LogP) is 2.62. The van der Waals surface area contributed by atoms with Gasteiger partial charge in [-0.15, -0.1) is 0 Å². The van der Waals surface area contributed by atoms with Crippen LogP contribution in [0.15, 0.2) is 24.3 Å². The zero-order valence-electron chi connectivity index (χ0n) is 15.1. The number of rotatable bonds is 1. The van der Waals surface area contributed by atoms with E-state index in [-0.39, 0.29) is 17.6 Å². The van der Waals surface area contributed by atoms with Gasteiger partial charge in [-0.2, -0.15) is 0 Å². The lowest BCUT2D eigenvalue weighted by atomic mass is 9.68. The first-order valence-corrected chi connectivity index (χ1v) is 9.13. The molecule has 1 aromatic rings. The fourth-order valence-electron chi connectivity index (χ4n) is 4.93. The molecule has 4 aliphatic rings. The highest BCUT2D eigenvalue weighted by Crippen LogP contribution is 2.57. The van der Waals surface area contributed by atoms with Gasteiger partial charge in [0.05, 0.1) is 25.2 Å². The van der Waals surface area contributed by atoms with Crippen molar-refractivity contribution in [3.05, 3.63) is 35.4 Å². The monoisotopic (exact) mass is 343 g/mol. The van der Waals surface area contributed by atoms with Crippen molar-refractivity contribution in [2.45, 2.75) is 49.7 Å². The Bertz CT molecular complexity index is 747. The van der Waals surface area contributed by atoms with E-state index in [2.05, 4.69) is 37.1 Å². The minimum Gasteiger partial charge on any atom is -0.493 e. The second kappa shape index (κ2) is 5.22. The molecule has 3 unspecified atom stereocenters. The minimum absolute atomic E-state index is 0.0133. The van der Waals surface area contributed by atoms with E-state index in [1.165, 1.54) is 11.1 Å². The molecule has 1 aromatic carbocycles. The van der Waals surface area contributed by atoms with E-state index in [0.29, 0.717) is 6.61 Å². The van der Waals surface area contributed by atoms with Crippen molar-refractivity contribution in [3.8, 4) is 11.5 Å². The number of benzene rings is 1. The topological polar surface area (TPSA) is 40.2 Å². The SMILES string of the molecule is COc1ccc2c3c1OC1CC4(C=CC31CCN(C)C2)OC[C@H](C)O4. The quantitative estimate of drug-likeness (QED) is 0.733. The molecule has 3 aliphatic heterocycles. The molecule has 3 heterocycles. The van der Waals surface area contributed by atoms with Gasteiger partial charge in [-0.05, 0) is 44.6 Å². The Labute approximate surface area is 148 Å². The molecule has 0 bridgehead atoms. The molecule has 25 heavy (non-hydrogen) atoms. The van der Waals surface area contributed by atoms with Crippen LogP contribution in [-0.4, -0.2) is 50.2 Å². The predicted molar refractivity (Wildman–Crippen MR) is 93.0 cm³/mol. The van der Waals surface area contributed by atoms with Gasteiger partial charge in [0.25, 0.3) is 0 Å². The first kappa shape index (κ1) is 15.7. The molecule has 0 amide bonds. The average Bonchev–Trinajstić information content (AvgIpc) is 3.07. The van der Waals surface area contributed by atoms with Crippen molar-refractivity contribution in [2.75, 3.05) is 27.3 Å². The maximum Gasteiger partial charge on any atom is 0.191 e. The Morgan fingerprint density at radius 3 is 2.92 bits per heavy atom. The Morgan fingerprint density at radius 1 is 1.28 bits per heavy atom. The summed E-state index contributed by atoms with van der Waals surface area (Å²) in [5, 5.41) is 0. The lowest BCUT2D eigenvalue weighted by Gasteiger charge is -2.40.